The summed E-state index contributed by atoms with van der Waals surface area (Å²) in [4.78, 5) is 38.2. The maximum absolute atomic E-state index is 12.9. The second kappa shape index (κ2) is 7.64. The summed E-state index contributed by atoms with van der Waals surface area (Å²) in [7, 11) is 0. The molecule has 144 valence electrons. The summed E-state index contributed by atoms with van der Waals surface area (Å²) in [6.45, 7) is -0.166. The van der Waals surface area contributed by atoms with Gasteiger partial charge in [0, 0.05) is 32.3 Å². The van der Waals surface area contributed by atoms with E-state index < -0.39 is 11.8 Å². The molecule has 7 heteroatoms. The molecule has 1 aliphatic rings. The van der Waals surface area contributed by atoms with E-state index in [9.17, 15) is 14.4 Å². The highest BCUT2D eigenvalue weighted by atomic mass is 35.5. The van der Waals surface area contributed by atoms with Gasteiger partial charge in [0.05, 0.1) is 16.1 Å². The van der Waals surface area contributed by atoms with Crippen LogP contribution in [0.4, 0.5) is 0 Å². The van der Waals surface area contributed by atoms with E-state index in [-0.39, 0.29) is 39.7 Å². The third kappa shape index (κ3) is 3.33. The van der Waals surface area contributed by atoms with Gasteiger partial charge < -0.3 is 4.74 Å². The van der Waals surface area contributed by atoms with E-state index in [0.717, 1.165) is 0 Å². The molecule has 0 aliphatic heterocycles. The highest BCUT2D eigenvalue weighted by molar-refractivity contribution is 6.41. The zero-order valence-electron chi connectivity index (χ0n) is 14.7. The molecule has 1 aliphatic carbocycles. The Bertz CT molecular complexity index is 1180. The third-order valence-corrected chi connectivity index (χ3v) is 5.76. The second-order valence-electron chi connectivity index (χ2n) is 6.33. The van der Waals surface area contributed by atoms with Crippen LogP contribution in [-0.2, 0) is 11.3 Å². The Labute approximate surface area is 181 Å². The van der Waals surface area contributed by atoms with Crippen molar-refractivity contribution in [2.24, 2.45) is 0 Å². The minimum atomic E-state index is -0.757. The van der Waals surface area contributed by atoms with Crippen LogP contribution < -0.4 is 0 Å². The van der Waals surface area contributed by atoms with Gasteiger partial charge in [0.1, 0.15) is 6.61 Å². The summed E-state index contributed by atoms with van der Waals surface area (Å²) in [5, 5.41) is 0.601. The van der Waals surface area contributed by atoms with E-state index in [0.29, 0.717) is 21.2 Å². The highest BCUT2D eigenvalue weighted by Gasteiger charge is 2.33. The molecule has 3 aromatic carbocycles. The number of halogens is 3. The molecule has 0 heterocycles. The number of ether oxygens (including phenoxy) is 1. The van der Waals surface area contributed by atoms with Gasteiger partial charge >= 0.3 is 5.97 Å². The number of rotatable bonds is 3. The summed E-state index contributed by atoms with van der Waals surface area (Å²) in [6.07, 6.45) is 0. The van der Waals surface area contributed by atoms with Crippen molar-refractivity contribution in [2.75, 3.05) is 0 Å². The molecular formula is C22H11Cl3O4. The molecule has 29 heavy (non-hydrogen) atoms. The monoisotopic (exact) mass is 444 g/mol. The van der Waals surface area contributed by atoms with E-state index in [1.54, 1.807) is 42.5 Å². The van der Waals surface area contributed by atoms with Crippen LogP contribution in [-0.4, -0.2) is 17.5 Å². The normalized spacial score (nSPS) is 12.4. The fourth-order valence-electron chi connectivity index (χ4n) is 3.19. The van der Waals surface area contributed by atoms with Crippen LogP contribution in [0.15, 0.2) is 54.6 Å². The van der Waals surface area contributed by atoms with Gasteiger partial charge in [-0.1, -0.05) is 65.1 Å². The molecular weight excluding hydrogens is 435 g/mol. The lowest BCUT2D eigenvalue weighted by atomic mass is 9.83. The van der Waals surface area contributed by atoms with Gasteiger partial charge in [-0.3, -0.25) is 9.59 Å². The lowest BCUT2D eigenvalue weighted by Gasteiger charge is -2.19. The first-order valence-electron chi connectivity index (χ1n) is 8.51. The Morgan fingerprint density at radius 2 is 1.38 bits per heavy atom. The Hall–Kier alpha value is -2.66. The molecule has 0 aromatic heterocycles. The SMILES string of the molecule is O=C(OCc1c(Cl)cccc1Cl)c1ccc2c(c1Cl)C(=O)c1ccccc1C2=O. The van der Waals surface area contributed by atoms with Crippen molar-refractivity contribution >= 4 is 52.3 Å². The van der Waals surface area contributed by atoms with E-state index in [4.69, 9.17) is 39.5 Å². The molecule has 4 rings (SSSR count). The predicted molar refractivity (Wildman–Crippen MR) is 110 cm³/mol. The number of hydrogen-bond acceptors (Lipinski definition) is 4. The summed E-state index contributed by atoms with van der Waals surface area (Å²) in [5.74, 6) is -1.49. The minimum Gasteiger partial charge on any atom is -0.457 e. The topological polar surface area (TPSA) is 60.4 Å². The summed E-state index contributed by atoms with van der Waals surface area (Å²) in [6, 6.07) is 14.2. The lowest BCUT2D eigenvalue weighted by molar-refractivity contribution is 0.0473. The number of ketones is 2. The molecule has 0 saturated heterocycles. The van der Waals surface area contributed by atoms with Crippen molar-refractivity contribution in [3.63, 3.8) is 0 Å². The van der Waals surface area contributed by atoms with Crippen LogP contribution in [0.2, 0.25) is 15.1 Å². The van der Waals surface area contributed by atoms with Gasteiger partial charge in [-0.15, -0.1) is 0 Å². The van der Waals surface area contributed by atoms with Crippen molar-refractivity contribution in [3.05, 3.63) is 103 Å². The number of fused-ring (bicyclic) bond motifs is 2. The quantitative estimate of drug-likeness (QED) is 0.375. The molecule has 0 fully saturated rings. The van der Waals surface area contributed by atoms with Crippen molar-refractivity contribution < 1.29 is 19.1 Å². The van der Waals surface area contributed by atoms with Crippen molar-refractivity contribution in [2.45, 2.75) is 6.61 Å². The summed E-state index contributed by atoms with van der Waals surface area (Å²) < 4.78 is 5.29. The minimum absolute atomic E-state index is 0.000549. The van der Waals surface area contributed by atoms with Crippen LogP contribution in [0.1, 0.15) is 47.8 Å². The number of esters is 1. The van der Waals surface area contributed by atoms with Crippen molar-refractivity contribution in [1.82, 2.24) is 0 Å². The van der Waals surface area contributed by atoms with E-state index >= 15 is 0 Å². The molecule has 0 saturated carbocycles. The molecule has 0 bridgehead atoms. The molecule has 0 N–H and O–H groups in total. The van der Waals surface area contributed by atoms with Crippen LogP contribution in [0.25, 0.3) is 0 Å². The van der Waals surface area contributed by atoms with Gasteiger partial charge in [-0.05, 0) is 24.3 Å². The van der Waals surface area contributed by atoms with E-state index in [2.05, 4.69) is 0 Å². The lowest BCUT2D eigenvalue weighted by Crippen LogP contribution is -2.22. The average Bonchev–Trinajstić information content (AvgIpc) is 2.71. The maximum Gasteiger partial charge on any atom is 0.340 e. The zero-order chi connectivity index (χ0) is 20.7. The fourth-order valence-corrected chi connectivity index (χ4v) is 4.02. The van der Waals surface area contributed by atoms with Gasteiger partial charge in [0.15, 0.2) is 11.6 Å². The number of carbonyl (C=O) groups is 3. The first-order chi connectivity index (χ1) is 13.9. The van der Waals surface area contributed by atoms with Crippen LogP contribution in [0, 0.1) is 0 Å². The molecule has 0 atom stereocenters. The van der Waals surface area contributed by atoms with E-state index in [1.807, 2.05) is 0 Å². The Kier molecular flexibility index (Phi) is 5.17. The zero-order valence-corrected chi connectivity index (χ0v) is 16.9. The number of hydrogen-bond donors (Lipinski definition) is 0. The first-order valence-corrected chi connectivity index (χ1v) is 9.64. The smallest absolute Gasteiger partial charge is 0.340 e. The summed E-state index contributed by atoms with van der Waals surface area (Å²) in [5.41, 5.74) is 1.16. The van der Waals surface area contributed by atoms with Crippen molar-refractivity contribution in [1.29, 1.82) is 0 Å². The standard InChI is InChI=1S/C22H11Cl3O4/c23-16-6-3-7-17(24)15(16)10-29-22(28)14-9-8-13-18(19(14)25)21(27)12-5-2-1-4-11(12)20(13)26/h1-9H,10H2. The van der Waals surface area contributed by atoms with Gasteiger partial charge in [0.25, 0.3) is 0 Å². The highest BCUT2D eigenvalue weighted by Crippen LogP contribution is 2.34. The number of carbonyl (C=O) groups excluding carboxylic acids is 3. The van der Waals surface area contributed by atoms with Crippen LogP contribution in [0.3, 0.4) is 0 Å². The van der Waals surface area contributed by atoms with Gasteiger partial charge in [-0.2, -0.15) is 0 Å². The third-order valence-electron chi connectivity index (χ3n) is 4.66. The molecule has 0 radical (unpaired) electrons. The van der Waals surface area contributed by atoms with Crippen molar-refractivity contribution in [3.8, 4) is 0 Å². The molecule has 0 spiro atoms. The molecule has 3 aromatic rings. The van der Waals surface area contributed by atoms with Crippen LogP contribution >= 0.6 is 34.8 Å². The molecule has 0 unspecified atom stereocenters. The number of benzene rings is 3. The maximum atomic E-state index is 12.9. The molecule has 0 amide bonds. The fraction of sp³-hybridized carbons (Fsp3) is 0.0455. The Morgan fingerprint density at radius 3 is 2.03 bits per heavy atom. The van der Waals surface area contributed by atoms with Gasteiger partial charge in [-0.25, -0.2) is 4.79 Å². The Morgan fingerprint density at radius 1 is 0.759 bits per heavy atom. The van der Waals surface area contributed by atoms with Gasteiger partial charge in [0.2, 0.25) is 0 Å². The second-order valence-corrected chi connectivity index (χ2v) is 7.52. The first kappa shape index (κ1) is 19.6. The largest absolute Gasteiger partial charge is 0.457 e. The predicted octanol–water partition coefficient (Wildman–Crippen LogP) is 5.78. The van der Waals surface area contributed by atoms with Crippen LogP contribution in [0.5, 0.6) is 0 Å². The molecule has 4 nitrogen and oxygen atoms in total. The Balaban J connectivity index is 1.68. The average molecular weight is 446 g/mol. The van der Waals surface area contributed by atoms with E-state index in [1.165, 1.54) is 12.1 Å². The summed E-state index contributed by atoms with van der Waals surface area (Å²) >= 11 is 18.5.